The molecule has 0 radical (unpaired) electrons. The molecule has 0 spiro atoms. The molecule has 0 bridgehead atoms. The maximum absolute atomic E-state index is 13.5. The van der Waals surface area contributed by atoms with Crippen LogP contribution in [-0.4, -0.2) is 15.2 Å². The highest BCUT2D eigenvalue weighted by Gasteiger charge is 2.28. The zero-order valence-corrected chi connectivity index (χ0v) is 17.5. The molecule has 1 aromatic heterocycles. The molecule has 156 valence electrons. The molecule has 0 aliphatic carbocycles. The van der Waals surface area contributed by atoms with Gasteiger partial charge in [-0.15, -0.1) is 10.2 Å². The van der Waals surface area contributed by atoms with E-state index in [4.69, 9.17) is 0 Å². The monoisotopic (exact) mass is 440 g/mol. The summed E-state index contributed by atoms with van der Waals surface area (Å²) in [5, 5.41) is 19.9. The van der Waals surface area contributed by atoms with E-state index in [0.717, 1.165) is 11.1 Å². The number of rotatable bonds is 4. The van der Waals surface area contributed by atoms with Gasteiger partial charge in [0, 0.05) is 17.7 Å². The highest BCUT2D eigenvalue weighted by Crippen LogP contribution is 2.24. The third-order valence-corrected chi connectivity index (χ3v) is 6.13. The third kappa shape index (κ3) is 3.57. The fourth-order valence-corrected chi connectivity index (χ4v) is 4.65. The zero-order valence-electron chi connectivity index (χ0n) is 16.7. The van der Waals surface area contributed by atoms with Crippen LogP contribution < -0.4 is 14.9 Å². The standard InChI is InChI=1S/C24H16N4O3S/c29-23-20(15-16-8-7-13-19(14-16)28(30)31)32-24-26-25-21(17-9-3-1-4-10-17)22(27(23)24)18-11-5-2-6-12-18/h1-15,22H/b20-15+. The van der Waals surface area contributed by atoms with Gasteiger partial charge in [0.25, 0.3) is 11.2 Å². The van der Waals surface area contributed by atoms with Gasteiger partial charge in [-0.3, -0.25) is 19.5 Å². The molecule has 2 heterocycles. The zero-order chi connectivity index (χ0) is 22.1. The molecule has 0 saturated carbocycles. The van der Waals surface area contributed by atoms with E-state index in [1.165, 1.54) is 23.5 Å². The Kier molecular flexibility index (Phi) is 5.04. The highest BCUT2D eigenvalue weighted by molar-refractivity contribution is 7.07. The molecule has 0 N–H and O–H groups in total. The van der Waals surface area contributed by atoms with Crippen molar-refractivity contribution in [3.8, 4) is 0 Å². The Morgan fingerprint density at radius 3 is 2.38 bits per heavy atom. The summed E-state index contributed by atoms with van der Waals surface area (Å²) in [5.41, 5.74) is 2.84. The summed E-state index contributed by atoms with van der Waals surface area (Å²) in [4.78, 5) is 24.6. The SMILES string of the molecule is O=c1/c(=C\c2cccc([N+](=O)[O-])c2)sc2n1C(c1ccccc1)C(c1ccccc1)=NN=2. The van der Waals surface area contributed by atoms with Crippen molar-refractivity contribution >= 4 is 28.8 Å². The molecule has 1 aliphatic heterocycles. The number of hydrogen-bond acceptors (Lipinski definition) is 6. The summed E-state index contributed by atoms with van der Waals surface area (Å²) >= 11 is 1.22. The molecule has 4 aromatic rings. The van der Waals surface area contributed by atoms with Crippen molar-refractivity contribution in [3.05, 3.63) is 131 Å². The molecule has 7 nitrogen and oxygen atoms in total. The maximum Gasteiger partial charge on any atom is 0.271 e. The van der Waals surface area contributed by atoms with Crippen LogP contribution in [-0.2, 0) is 0 Å². The van der Waals surface area contributed by atoms with Crippen molar-refractivity contribution < 1.29 is 4.92 Å². The molecule has 1 aliphatic rings. The summed E-state index contributed by atoms with van der Waals surface area (Å²) in [6.45, 7) is 0. The molecular weight excluding hydrogens is 424 g/mol. The van der Waals surface area contributed by atoms with Crippen LogP contribution in [0.5, 0.6) is 0 Å². The minimum absolute atomic E-state index is 0.0262. The second-order valence-corrected chi connectivity index (χ2v) is 8.19. The van der Waals surface area contributed by atoms with Crippen LogP contribution in [0.2, 0.25) is 0 Å². The predicted octanol–water partition coefficient (Wildman–Crippen LogP) is 3.27. The summed E-state index contributed by atoms with van der Waals surface area (Å²) in [6.07, 6.45) is 1.66. The fraction of sp³-hybridized carbons (Fsp3) is 0.0417. The van der Waals surface area contributed by atoms with Gasteiger partial charge in [-0.05, 0) is 17.2 Å². The first-order valence-electron chi connectivity index (χ1n) is 9.85. The summed E-state index contributed by atoms with van der Waals surface area (Å²) in [6, 6.07) is 25.1. The number of nitro benzene ring substituents is 1. The first-order valence-corrected chi connectivity index (χ1v) is 10.7. The van der Waals surface area contributed by atoms with E-state index in [0.29, 0.717) is 20.6 Å². The average molecular weight is 440 g/mol. The Hall–Kier alpha value is -4.17. The van der Waals surface area contributed by atoms with Gasteiger partial charge in [0.15, 0.2) is 0 Å². The predicted molar refractivity (Wildman–Crippen MR) is 124 cm³/mol. The quantitative estimate of drug-likeness (QED) is 0.360. The van der Waals surface area contributed by atoms with E-state index in [1.807, 2.05) is 60.7 Å². The van der Waals surface area contributed by atoms with E-state index < -0.39 is 11.0 Å². The second-order valence-electron chi connectivity index (χ2n) is 7.18. The van der Waals surface area contributed by atoms with E-state index in [-0.39, 0.29) is 11.2 Å². The van der Waals surface area contributed by atoms with Crippen molar-refractivity contribution in [1.29, 1.82) is 0 Å². The van der Waals surface area contributed by atoms with E-state index in [2.05, 4.69) is 10.2 Å². The van der Waals surface area contributed by atoms with Gasteiger partial charge in [0.2, 0.25) is 4.80 Å². The van der Waals surface area contributed by atoms with Gasteiger partial charge < -0.3 is 0 Å². The Morgan fingerprint density at radius 1 is 0.938 bits per heavy atom. The van der Waals surface area contributed by atoms with E-state index >= 15 is 0 Å². The lowest BCUT2D eigenvalue weighted by molar-refractivity contribution is -0.384. The molecule has 1 unspecified atom stereocenters. The molecule has 1 atom stereocenters. The van der Waals surface area contributed by atoms with Gasteiger partial charge in [-0.1, -0.05) is 84.1 Å². The fourth-order valence-electron chi connectivity index (χ4n) is 3.70. The molecule has 0 fully saturated rings. The lowest BCUT2D eigenvalue weighted by atomic mass is 9.96. The Balaban J connectivity index is 1.70. The van der Waals surface area contributed by atoms with Crippen LogP contribution in [0.1, 0.15) is 22.7 Å². The molecule has 32 heavy (non-hydrogen) atoms. The van der Waals surface area contributed by atoms with Crippen molar-refractivity contribution in [3.63, 3.8) is 0 Å². The van der Waals surface area contributed by atoms with Gasteiger partial charge in [-0.2, -0.15) is 0 Å². The Morgan fingerprint density at radius 2 is 1.66 bits per heavy atom. The topological polar surface area (TPSA) is 89.9 Å². The van der Waals surface area contributed by atoms with Crippen LogP contribution >= 0.6 is 11.3 Å². The van der Waals surface area contributed by atoms with Crippen LogP contribution in [0.25, 0.3) is 6.08 Å². The minimum Gasteiger partial charge on any atom is -0.268 e. The first kappa shape index (κ1) is 19.8. The van der Waals surface area contributed by atoms with Crippen molar-refractivity contribution in [2.24, 2.45) is 10.2 Å². The number of thiazole rings is 1. The lowest BCUT2D eigenvalue weighted by Gasteiger charge is -2.22. The second kappa shape index (κ2) is 8.16. The molecule has 8 heteroatoms. The normalized spacial score (nSPS) is 15.6. The Labute approximate surface area is 186 Å². The van der Waals surface area contributed by atoms with E-state index in [9.17, 15) is 14.9 Å². The minimum atomic E-state index is -0.454. The summed E-state index contributed by atoms with van der Waals surface area (Å²) in [7, 11) is 0. The number of nitrogens with zero attached hydrogens (tertiary/aromatic N) is 4. The number of non-ortho nitro benzene ring substituents is 1. The van der Waals surface area contributed by atoms with Crippen LogP contribution in [0, 0.1) is 10.1 Å². The van der Waals surface area contributed by atoms with Gasteiger partial charge in [0.05, 0.1) is 15.2 Å². The number of fused-ring (bicyclic) bond motifs is 1. The molecule has 0 saturated heterocycles. The molecular formula is C24H16N4O3S. The number of aromatic nitrogens is 1. The summed E-state index contributed by atoms with van der Waals surface area (Å²) in [5.74, 6) is 0. The van der Waals surface area contributed by atoms with Gasteiger partial charge in [-0.25, -0.2) is 0 Å². The van der Waals surface area contributed by atoms with Crippen molar-refractivity contribution in [1.82, 2.24) is 4.57 Å². The number of nitro groups is 1. The van der Waals surface area contributed by atoms with Crippen LogP contribution in [0.15, 0.2) is 99.9 Å². The van der Waals surface area contributed by atoms with Crippen LogP contribution in [0.3, 0.4) is 0 Å². The Bertz CT molecular complexity index is 1520. The number of benzene rings is 3. The summed E-state index contributed by atoms with van der Waals surface area (Å²) < 4.78 is 2.09. The van der Waals surface area contributed by atoms with Gasteiger partial charge in [0.1, 0.15) is 6.04 Å². The van der Waals surface area contributed by atoms with Crippen molar-refractivity contribution in [2.45, 2.75) is 6.04 Å². The first-order chi connectivity index (χ1) is 15.6. The molecule has 5 rings (SSSR count). The highest BCUT2D eigenvalue weighted by atomic mass is 32.1. The van der Waals surface area contributed by atoms with E-state index in [1.54, 1.807) is 22.8 Å². The average Bonchev–Trinajstić information content (AvgIpc) is 3.15. The maximum atomic E-state index is 13.5. The molecule has 0 amide bonds. The lowest BCUT2D eigenvalue weighted by Crippen LogP contribution is -2.40. The third-order valence-electron chi connectivity index (χ3n) is 5.16. The molecule has 3 aromatic carbocycles. The largest absolute Gasteiger partial charge is 0.271 e. The number of hydrogen-bond donors (Lipinski definition) is 0. The smallest absolute Gasteiger partial charge is 0.268 e. The van der Waals surface area contributed by atoms with Gasteiger partial charge >= 0.3 is 0 Å². The van der Waals surface area contributed by atoms with Crippen LogP contribution in [0.4, 0.5) is 5.69 Å². The van der Waals surface area contributed by atoms with Crippen molar-refractivity contribution in [2.75, 3.05) is 0 Å².